The highest BCUT2D eigenvalue weighted by molar-refractivity contribution is 5.92. The van der Waals surface area contributed by atoms with Crippen LogP contribution in [0.1, 0.15) is 58.8 Å². The van der Waals surface area contributed by atoms with Crippen molar-refractivity contribution in [2.75, 3.05) is 13.1 Å². The Balaban J connectivity index is 2.30. The Bertz CT molecular complexity index is 897. The van der Waals surface area contributed by atoms with Gasteiger partial charge < -0.3 is 28.3 Å². The quantitative estimate of drug-likeness (QED) is 0.152. The van der Waals surface area contributed by atoms with Gasteiger partial charge in [-0.3, -0.25) is 33.8 Å². The summed E-state index contributed by atoms with van der Waals surface area (Å²) in [5.74, 6) is -5.38. The first-order valence-corrected chi connectivity index (χ1v) is 12.8. The minimum absolute atomic E-state index is 0.0935. The van der Waals surface area contributed by atoms with Crippen molar-refractivity contribution in [3.63, 3.8) is 0 Å². The van der Waals surface area contributed by atoms with Gasteiger partial charge in [0, 0.05) is 42.8 Å². The van der Waals surface area contributed by atoms with Gasteiger partial charge in [-0.15, -0.1) is 0 Å². The van der Waals surface area contributed by atoms with Crippen molar-refractivity contribution in [3.8, 4) is 0 Å². The maximum Gasteiger partial charge on any atom is 0.243 e. The zero-order valence-corrected chi connectivity index (χ0v) is 21.6. The van der Waals surface area contributed by atoms with Crippen LogP contribution in [0.4, 0.5) is 0 Å². The van der Waals surface area contributed by atoms with Gasteiger partial charge in [0.25, 0.3) is 0 Å². The first kappa shape index (κ1) is 30.3. The molecule has 0 aromatic carbocycles. The number of nitrogens with two attached hydrogens (primary N) is 4. The van der Waals surface area contributed by atoms with E-state index in [2.05, 4.69) is 10.7 Å². The summed E-state index contributed by atoms with van der Waals surface area (Å²) in [5, 5.41) is 3.64. The Morgan fingerprint density at radius 3 is 1.84 bits per heavy atom. The molecule has 2 saturated carbocycles. The number of nitrogens with one attached hydrogen (secondary N) is 2. The van der Waals surface area contributed by atoms with E-state index >= 15 is 0 Å². The zero-order valence-electron chi connectivity index (χ0n) is 21.6. The highest BCUT2D eigenvalue weighted by Gasteiger charge is 2.43. The summed E-state index contributed by atoms with van der Waals surface area (Å²) in [4.78, 5) is 75.1. The lowest BCUT2D eigenvalue weighted by atomic mass is 9.74. The smallest absolute Gasteiger partial charge is 0.243 e. The molecule has 10 N–H and O–H groups in total. The largest absolute Gasteiger partial charge is 0.368 e. The minimum atomic E-state index is -1.17. The van der Waals surface area contributed by atoms with Crippen molar-refractivity contribution in [3.05, 3.63) is 0 Å². The lowest BCUT2D eigenvalue weighted by molar-refractivity contribution is -0.152. The number of nitrogens with zero attached hydrogens (tertiary/aromatic N) is 1. The van der Waals surface area contributed by atoms with Gasteiger partial charge in [0.1, 0.15) is 23.7 Å². The molecule has 13 nitrogen and oxygen atoms in total. The van der Waals surface area contributed by atoms with Crippen LogP contribution in [0.2, 0.25) is 0 Å². The predicted octanol–water partition coefficient (Wildman–Crippen LogP) is -2.17. The van der Waals surface area contributed by atoms with Crippen LogP contribution in [-0.2, 0) is 28.8 Å². The van der Waals surface area contributed by atoms with Crippen LogP contribution in [-0.4, -0.2) is 71.4 Å². The summed E-state index contributed by atoms with van der Waals surface area (Å²) in [5.41, 5.74) is 25.3. The number of amides is 4. The van der Waals surface area contributed by atoms with Gasteiger partial charge in [-0.25, -0.2) is 5.43 Å². The van der Waals surface area contributed by atoms with Crippen LogP contribution in [0.15, 0.2) is 0 Å². The number of hydrazine groups is 1. The molecule has 13 heteroatoms. The van der Waals surface area contributed by atoms with E-state index < -0.39 is 65.4 Å². The lowest BCUT2D eigenvalue weighted by Crippen LogP contribution is -2.63. The van der Waals surface area contributed by atoms with E-state index in [1.54, 1.807) is 0 Å². The van der Waals surface area contributed by atoms with Gasteiger partial charge in [0.05, 0.1) is 0 Å². The van der Waals surface area contributed by atoms with E-state index in [1.807, 2.05) is 0 Å². The molecule has 0 radical (unpaired) electrons. The molecule has 0 bridgehead atoms. The third-order valence-electron chi connectivity index (χ3n) is 7.63. The predicted molar refractivity (Wildman–Crippen MR) is 134 cm³/mol. The standard InChI is InChI=1S/C24H41N7O6/c1-12(32)15-5-3-4-6-17(15)24(37)31(20(11-26)22(28)35)30-14-7-8-16(13(2)33)18(9-14)23(36)29-19(10-25)21(27)34/h14-20,30H,3-11,25-26H2,1-2H3,(H2,27,34)(H2,28,35)(H,29,36)/t14?,15-,16+,17-,18+,19+,20+/m1/s1. The molecule has 1 unspecified atom stereocenters. The molecule has 0 heterocycles. The molecule has 0 saturated heterocycles. The monoisotopic (exact) mass is 523 g/mol. The third-order valence-corrected chi connectivity index (χ3v) is 7.63. The zero-order chi connectivity index (χ0) is 27.9. The van der Waals surface area contributed by atoms with Crippen LogP contribution >= 0.6 is 0 Å². The molecular formula is C24H41N7O6. The molecule has 0 aromatic rings. The highest BCUT2D eigenvalue weighted by Crippen LogP contribution is 2.34. The molecule has 0 aliphatic heterocycles. The van der Waals surface area contributed by atoms with Gasteiger partial charge >= 0.3 is 0 Å². The fraction of sp³-hybridized carbons (Fsp3) is 0.750. The summed E-state index contributed by atoms with van der Waals surface area (Å²) in [6, 6.07) is -2.75. The van der Waals surface area contributed by atoms with Crippen molar-refractivity contribution >= 4 is 35.2 Å². The molecule has 0 spiro atoms. The number of primary amides is 2. The number of carbonyl (C=O) groups excluding carboxylic acids is 6. The van der Waals surface area contributed by atoms with E-state index in [0.717, 1.165) is 17.9 Å². The molecule has 2 aliphatic rings. The van der Waals surface area contributed by atoms with Gasteiger partial charge in [0.15, 0.2) is 0 Å². The van der Waals surface area contributed by atoms with Gasteiger partial charge in [0.2, 0.25) is 23.6 Å². The van der Waals surface area contributed by atoms with Crippen LogP contribution < -0.4 is 33.7 Å². The Morgan fingerprint density at radius 1 is 0.784 bits per heavy atom. The molecule has 4 amide bonds. The van der Waals surface area contributed by atoms with Crippen LogP contribution in [0.25, 0.3) is 0 Å². The summed E-state index contributed by atoms with van der Waals surface area (Å²) in [6.07, 6.45) is 3.56. The van der Waals surface area contributed by atoms with Crippen LogP contribution in [0, 0.1) is 23.7 Å². The van der Waals surface area contributed by atoms with E-state index in [1.165, 1.54) is 13.8 Å². The first-order chi connectivity index (χ1) is 17.4. The third kappa shape index (κ3) is 7.55. The van der Waals surface area contributed by atoms with Crippen molar-refractivity contribution in [1.82, 2.24) is 15.8 Å². The topological polar surface area (TPSA) is 234 Å². The van der Waals surface area contributed by atoms with E-state index in [4.69, 9.17) is 22.9 Å². The Kier molecular flexibility index (Phi) is 11.1. The van der Waals surface area contributed by atoms with Gasteiger partial charge in [-0.2, -0.15) is 0 Å². The second-order valence-corrected chi connectivity index (χ2v) is 10.1. The molecule has 2 fully saturated rings. The molecule has 208 valence electrons. The van der Waals surface area contributed by atoms with Crippen molar-refractivity contribution in [1.29, 1.82) is 0 Å². The normalized spacial score (nSPS) is 27.4. The number of hydrogen-bond acceptors (Lipinski definition) is 9. The summed E-state index contributed by atoms with van der Waals surface area (Å²) in [6.45, 7) is 2.41. The average Bonchev–Trinajstić information content (AvgIpc) is 2.85. The lowest BCUT2D eigenvalue weighted by Gasteiger charge is -2.41. The number of Topliss-reactive ketones (excluding diaryl/α,β-unsaturated/α-hetero) is 2. The molecule has 7 atom stereocenters. The highest BCUT2D eigenvalue weighted by atomic mass is 16.2. The maximum atomic E-state index is 13.7. The van der Waals surface area contributed by atoms with E-state index in [9.17, 15) is 28.8 Å². The Morgan fingerprint density at radius 2 is 1.35 bits per heavy atom. The molecule has 2 rings (SSSR count). The molecule has 37 heavy (non-hydrogen) atoms. The fourth-order valence-electron chi connectivity index (χ4n) is 5.53. The molecular weight excluding hydrogens is 482 g/mol. The number of rotatable bonds is 12. The van der Waals surface area contributed by atoms with Gasteiger partial charge in [-0.1, -0.05) is 12.8 Å². The Labute approximate surface area is 216 Å². The number of hydrogen-bond donors (Lipinski definition) is 6. The number of ketones is 2. The van der Waals surface area contributed by atoms with E-state index in [0.29, 0.717) is 25.7 Å². The maximum absolute atomic E-state index is 13.7. The van der Waals surface area contributed by atoms with Crippen LogP contribution in [0.3, 0.4) is 0 Å². The average molecular weight is 524 g/mol. The fourth-order valence-corrected chi connectivity index (χ4v) is 5.53. The SMILES string of the molecule is CC(=O)[C@H]1CCCC[C@H]1C(=O)N(NC1CC[C@@H](C(C)=O)[C@@H](C(=O)N[C@@H](CN)C(N)=O)C1)[C@@H](CN)C(N)=O. The molecule has 0 aromatic heterocycles. The van der Waals surface area contributed by atoms with Gasteiger partial charge in [-0.05, 0) is 46.0 Å². The summed E-state index contributed by atoms with van der Waals surface area (Å²) >= 11 is 0. The van der Waals surface area contributed by atoms with E-state index in [-0.39, 0.29) is 31.1 Å². The Hall–Kier alpha value is -2.90. The first-order valence-electron chi connectivity index (χ1n) is 12.8. The molecule has 2 aliphatic carbocycles. The van der Waals surface area contributed by atoms with Crippen molar-refractivity contribution < 1.29 is 28.8 Å². The summed E-state index contributed by atoms with van der Waals surface area (Å²) in [7, 11) is 0. The van der Waals surface area contributed by atoms with Crippen LogP contribution in [0.5, 0.6) is 0 Å². The minimum Gasteiger partial charge on any atom is -0.368 e. The van der Waals surface area contributed by atoms with Crippen molar-refractivity contribution in [2.24, 2.45) is 46.6 Å². The second-order valence-electron chi connectivity index (χ2n) is 10.1. The number of carbonyl (C=O) groups is 6. The second kappa shape index (κ2) is 13.6. The van der Waals surface area contributed by atoms with Crippen molar-refractivity contribution in [2.45, 2.75) is 76.9 Å². The summed E-state index contributed by atoms with van der Waals surface area (Å²) < 4.78 is 0.